The van der Waals surface area contributed by atoms with E-state index in [-0.39, 0.29) is 22.4 Å². The molecule has 0 radical (unpaired) electrons. The Morgan fingerprint density at radius 1 is 1.43 bits per heavy atom. The van der Waals surface area contributed by atoms with Gasteiger partial charge in [0.2, 0.25) is 0 Å². The summed E-state index contributed by atoms with van der Waals surface area (Å²) >= 11 is 3.03. The third kappa shape index (κ3) is 1.86. The number of carbonyl (C=O) groups excluding carboxylic acids is 1. The minimum Gasteiger partial charge on any atom is -0.398 e. The zero-order valence-corrected chi connectivity index (χ0v) is 8.84. The monoisotopic (exact) mass is 253 g/mol. The first-order valence-corrected chi connectivity index (χ1v) is 4.90. The third-order valence-corrected chi connectivity index (χ3v) is 2.27. The molecule has 0 aliphatic heterocycles. The Bertz CT molecular complexity index is 423. The van der Waals surface area contributed by atoms with Gasteiger partial charge in [-0.3, -0.25) is 4.79 Å². The maximum Gasteiger partial charge on any atom is 0.175 e. The number of nitrogens with two attached hydrogens (primary N) is 2. The number of hydrogen-bond acceptors (Lipinski definition) is 4. The second-order valence-electron chi connectivity index (χ2n) is 2.70. The van der Waals surface area contributed by atoms with E-state index in [1.165, 1.54) is 12.1 Å². The molecule has 0 amide bonds. The molecule has 0 saturated carbocycles. The number of benzene rings is 1. The van der Waals surface area contributed by atoms with E-state index in [2.05, 4.69) is 15.9 Å². The highest BCUT2D eigenvalue weighted by Gasteiger charge is 2.11. The van der Waals surface area contributed by atoms with Gasteiger partial charge in [0.25, 0.3) is 0 Å². The third-order valence-electron chi connectivity index (χ3n) is 1.76. The van der Waals surface area contributed by atoms with Crippen molar-refractivity contribution in [2.24, 2.45) is 0 Å². The van der Waals surface area contributed by atoms with Gasteiger partial charge in [0.1, 0.15) is 6.07 Å². The maximum atomic E-state index is 11.3. The van der Waals surface area contributed by atoms with Gasteiger partial charge in [-0.2, -0.15) is 5.26 Å². The molecule has 14 heavy (non-hydrogen) atoms. The summed E-state index contributed by atoms with van der Waals surface area (Å²) in [5.74, 6) is -0.168. The summed E-state index contributed by atoms with van der Waals surface area (Å²) in [5, 5.41) is 8.87. The van der Waals surface area contributed by atoms with Crippen molar-refractivity contribution >= 4 is 33.1 Å². The van der Waals surface area contributed by atoms with E-state index >= 15 is 0 Å². The van der Waals surface area contributed by atoms with Crippen LogP contribution in [0.25, 0.3) is 0 Å². The number of rotatable bonds is 2. The summed E-state index contributed by atoms with van der Waals surface area (Å²) in [5.41, 5.74) is 12.3. The van der Waals surface area contributed by atoms with Crippen molar-refractivity contribution in [1.29, 1.82) is 5.26 Å². The van der Waals surface area contributed by atoms with Crippen LogP contribution in [0.5, 0.6) is 0 Å². The van der Waals surface area contributed by atoms with Crippen molar-refractivity contribution in [1.82, 2.24) is 0 Å². The summed E-state index contributed by atoms with van der Waals surface area (Å²) in [4.78, 5) is 11.3. The Labute approximate surface area is 89.6 Å². The number of nitrogen functional groups attached to an aromatic ring is 2. The van der Waals surface area contributed by atoms with Crippen LogP contribution < -0.4 is 11.5 Å². The zero-order chi connectivity index (χ0) is 10.7. The summed E-state index contributed by atoms with van der Waals surface area (Å²) < 4.78 is 0. The first-order chi connectivity index (χ1) is 6.60. The molecule has 1 aromatic rings. The predicted octanol–water partition coefficient (Wildman–Crippen LogP) is 1.30. The number of hydrogen-bond donors (Lipinski definition) is 2. The van der Waals surface area contributed by atoms with E-state index in [1.54, 1.807) is 0 Å². The Hall–Kier alpha value is -1.54. The summed E-state index contributed by atoms with van der Waals surface area (Å²) in [7, 11) is 0. The van der Waals surface area contributed by atoms with Gasteiger partial charge in [-0.05, 0) is 12.1 Å². The van der Waals surface area contributed by atoms with E-state index in [9.17, 15) is 4.79 Å². The van der Waals surface area contributed by atoms with Crippen molar-refractivity contribution in [2.45, 2.75) is 0 Å². The minimum absolute atomic E-state index is 0.168. The largest absolute Gasteiger partial charge is 0.398 e. The van der Waals surface area contributed by atoms with Crippen molar-refractivity contribution in [3.63, 3.8) is 0 Å². The van der Waals surface area contributed by atoms with Gasteiger partial charge in [-0.15, -0.1) is 0 Å². The van der Waals surface area contributed by atoms with Crippen LogP contribution in [0.15, 0.2) is 12.1 Å². The lowest BCUT2D eigenvalue weighted by molar-refractivity contribution is 0.102. The number of Topliss-reactive ketones (excluding diaryl/α,β-unsaturated/α-hetero) is 1. The van der Waals surface area contributed by atoms with Gasteiger partial charge in [0.05, 0.1) is 16.6 Å². The lowest BCUT2D eigenvalue weighted by Crippen LogP contribution is -2.06. The molecule has 0 bridgehead atoms. The molecule has 0 fully saturated rings. The predicted molar refractivity (Wildman–Crippen MR) is 58.1 cm³/mol. The first kappa shape index (κ1) is 10.5. The molecule has 0 saturated heterocycles. The number of nitriles is 1. The zero-order valence-electron chi connectivity index (χ0n) is 7.25. The molecule has 4 N–H and O–H groups in total. The molecule has 0 unspecified atom stereocenters. The molecule has 72 valence electrons. The number of nitrogens with zero attached hydrogens (tertiary/aromatic N) is 1. The Morgan fingerprint density at radius 2 is 2.07 bits per heavy atom. The summed E-state index contributed by atoms with van der Waals surface area (Å²) in [6, 6.07) is 4.73. The van der Waals surface area contributed by atoms with Gasteiger partial charge in [0.15, 0.2) is 5.78 Å². The van der Waals surface area contributed by atoms with E-state index in [0.717, 1.165) is 0 Å². The van der Waals surface area contributed by atoms with E-state index in [1.807, 2.05) is 6.07 Å². The fraction of sp³-hybridized carbons (Fsp3) is 0.111. The lowest BCUT2D eigenvalue weighted by atomic mass is 10.0. The smallest absolute Gasteiger partial charge is 0.175 e. The second kappa shape index (κ2) is 4.11. The van der Waals surface area contributed by atoms with Crippen LogP contribution in [0.4, 0.5) is 11.4 Å². The fourth-order valence-electron chi connectivity index (χ4n) is 1.04. The minimum atomic E-state index is -0.168. The molecule has 1 aromatic carbocycles. The molecule has 0 atom stereocenters. The molecule has 0 aliphatic rings. The van der Waals surface area contributed by atoms with Gasteiger partial charge >= 0.3 is 0 Å². The Kier molecular flexibility index (Phi) is 3.10. The molecule has 0 aromatic heterocycles. The van der Waals surface area contributed by atoms with E-state index in [4.69, 9.17) is 16.7 Å². The lowest BCUT2D eigenvalue weighted by Gasteiger charge is -2.05. The van der Waals surface area contributed by atoms with Gasteiger partial charge in [0, 0.05) is 11.3 Å². The summed E-state index contributed by atoms with van der Waals surface area (Å²) in [6.07, 6.45) is 0. The molecule has 0 spiro atoms. The number of alkyl halides is 1. The Morgan fingerprint density at radius 3 is 2.57 bits per heavy atom. The van der Waals surface area contributed by atoms with Gasteiger partial charge in [-0.25, -0.2) is 0 Å². The highest BCUT2D eigenvalue weighted by Crippen LogP contribution is 2.21. The van der Waals surface area contributed by atoms with E-state index < -0.39 is 0 Å². The van der Waals surface area contributed by atoms with E-state index in [0.29, 0.717) is 11.3 Å². The van der Waals surface area contributed by atoms with Crippen LogP contribution >= 0.6 is 15.9 Å². The molecule has 0 heterocycles. The fourth-order valence-corrected chi connectivity index (χ4v) is 1.35. The van der Waals surface area contributed by atoms with Crippen molar-refractivity contribution < 1.29 is 4.79 Å². The quantitative estimate of drug-likeness (QED) is 0.472. The molecule has 5 heteroatoms. The normalized spacial score (nSPS) is 9.43. The molecule has 0 aliphatic carbocycles. The second-order valence-corrected chi connectivity index (χ2v) is 3.26. The Balaban J connectivity index is 3.33. The van der Waals surface area contributed by atoms with Gasteiger partial charge in [-0.1, -0.05) is 15.9 Å². The number of anilines is 2. The molecule has 1 rings (SSSR count). The van der Waals surface area contributed by atoms with Crippen LogP contribution in [-0.4, -0.2) is 11.1 Å². The topological polar surface area (TPSA) is 92.9 Å². The average Bonchev–Trinajstić information content (AvgIpc) is 2.17. The number of ketones is 1. The highest BCUT2D eigenvalue weighted by molar-refractivity contribution is 9.09. The standard InChI is InChI=1S/C9H8BrN3O/c10-3-9(14)6-1-5(4-11)7(12)2-8(6)13/h1-2H,3,12-13H2. The van der Waals surface area contributed by atoms with Crippen LogP contribution in [0.1, 0.15) is 15.9 Å². The summed E-state index contributed by atoms with van der Waals surface area (Å²) in [6.45, 7) is 0. The van der Waals surface area contributed by atoms with Crippen LogP contribution in [0, 0.1) is 11.3 Å². The molecule has 4 nitrogen and oxygen atoms in total. The van der Waals surface area contributed by atoms with Crippen LogP contribution in [0.3, 0.4) is 0 Å². The SMILES string of the molecule is N#Cc1cc(C(=O)CBr)c(N)cc1N. The number of carbonyl (C=O) groups is 1. The molecular formula is C9H8BrN3O. The van der Waals surface area contributed by atoms with Gasteiger partial charge < -0.3 is 11.5 Å². The average molecular weight is 254 g/mol. The number of halogens is 1. The highest BCUT2D eigenvalue weighted by atomic mass is 79.9. The first-order valence-electron chi connectivity index (χ1n) is 3.78. The van der Waals surface area contributed by atoms with Crippen molar-refractivity contribution in [3.8, 4) is 6.07 Å². The molecular weight excluding hydrogens is 246 g/mol. The van der Waals surface area contributed by atoms with Crippen LogP contribution in [0.2, 0.25) is 0 Å². The van der Waals surface area contributed by atoms with Crippen LogP contribution in [-0.2, 0) is 0 Å². The van der Waals surface area contributed by atoms with Crippen molar-refractivity contribution in [2.75, 3.05) is 16.8 Å². The maximum absolute atomic E-state index is 11.3. The van der Waals surface area contributed by atoms with Crippen molar-refractivity contribution in [3.05, 3.63) is 23.3 Å².